The number of ether oxygens (including phenoxy) is 1. The Morgan fingerprint density at radius 2 is 1.78 bits per heavy atom. The van der Waals surface area contributed by atoms with Crippen LogP contribution in [0.4, 0.5) is 4.79 Å². The highest BCUT2D eigenvalue weighted by Crippen LogP contribution is 2.20. The van der Waals surface area contributed by atoms with Crippen molar-refractivity contribution in [3.8, 4) is 0 Å². The summed E-state index contributed by atoms with van der Waals surface area (Å²) < 4.78 is 5.20. The molecule has 18 heavy (non-hydrogen) atoms. The van der Waals surface area contributed by atoms with Gasteiger partial charge < -0.3 is 15.2 Å². The number of hydrogen-bond donors (Lipinski definition) is 2. The predicted molar refractivity (Wildman–Crippen MR) is 70.2 cm³/mol. The Balaban J connectivity index is 2.81. The van der Waals surface area contributed by atoms with Crippen LogP contribution in [0.15, 0.2) is 30.3 Å². The molecule has 1 atom stereocenters. The molecule has 0 aliphatic rings. The molecule has 0 saturated carbocycles. The van der Waals surface area contributed by atoms with E-state index < -0.39 is 17.2 Å². The molecule has 2 N–H and O–H groups in total. The first-order valence-corrected chi connectivity index (χ1v) is 5.94. The average molecular weight is 251 g/mol. The Bertz CT molecular complexity index is 397. The smallest absolute Gasteiger partial charge is 0.408 e. The van der Waals surface area contributed by atoms with Gasteiger partial charge in [0.05, 0.1) is 12.1 Å². The normalized spacial score (nSPS) is 14.7. The molecule has 4 heteroatoms. The number of carbonyl (C=O) groups excluding carboxylic acids is 1. The highest BCUT2D eigenvalue weighted by molar-refractivity contribution is 5.69. The molecular weight excluding hydrogens is 230 g/mol. The minimum absolute atomic E-state index is 0.198. The fourth-order valence-corrected chi connectivity index (χ4v) is 1.54. The zero-order valence-electron chi connectivity index (χ0n) is 11.4. The molecule has 0 saturated heterocycles. The maximum absolute atomic E-state index is 11.8. The number of benzene rings is 1. The summed E-state index contributed by atoms with van der Waals surface area (Å²) in [6.45, 7) is 6.95. The minimum Gasteiger partial charge on any atom is -0.444 e. The first-order valence-electron chi connectivity index (χ1n) is 5.94. The molecule has 0 radical (unpaired) electrons. The fraction of sp³-hybridized carbons (Fsp3) is 0.500. The Hall–Kier alpha value is -1.55. The summed E-state index contributed by atoms with van der Waals surface area (Å²) in [6, 6.07) is 9.32. The molecule has 0 heterocycles. The SMILES string of the molecule is CC(C)(C)OC(=O)N[C@@](C)(CO)c1ccccc1. The zero-order valence-corrected chi connectivity index (χ0v) is 11.4. The van der Waals surface area contributed by atoms with E-state index in [0.717, 1.165) is 5.56 Å². The molecule has 1 aromatic rings. The van der Waals surface area contributed by atoms with Crippen molar-refractivity contribution < 1.29 is 14.6 Å². The predicted octanol–water partition coefficient (Wildman–Crippen LogP) is 2.42. The first-order chi connectivity index (χ1) is 8.27. The monoisotopic (exact) mass is 251 g/mol. The van der Waals surface area contributed by atoms with Gasteiger partial charge in [0.15, 0.2) is 0 Å². The van der Waals surface area contributed by atoms with Crippen molar-refractivity contribution in [1.29, 1.82) is 0 Å². The summed E-state index contributed by atoms with van der Waals surface area (Å²) in [5, 5.41) is 12.2. The van der Waals surface area contributed by atoms with Crippen LogP contribution in [0.5, 0.6) is 0 Å². The lowest BCUT2D eigenvalue weighted by Gasteiger charge is -2.30. The second-order valence-electron chi connectivity index (χ2n) is 5.48. The minimum atomic E-state index is -0.844. The number of rotatable bonds is 3. The summed E-state index contributed by atoms with van der Waals surface area (Å²) in [7, 11) is 0. The van der Waals surface area contributed by atoms with Crippen molar-refractivity contribution in [3.63, 3.8) is 0 Å². The van der Waals surface area contributed by atoms with E-state index in [1.54, 1.807) is 27.7 Å². The third-order valence-corrected chi connectivity index (χ3v) is 2.50. The lowest BCUT2D eigenvalue weighted by atomic mass is 9.93. The quantitative estimate of drug-likeness (QED) is 0.867. The number of carbonyl (C=O) groups is 1. The van der Waals surface area contributed by atoms with Crippen molar-refractivity contribution in [3.05, 3.63) is 35.9 Å². The molecule has 4 nitrogen and oxygen atoms in total. The molecule has 0 fully saturated rings. The van der Waals surface area contributed by atoms with Gasteiger partial charge in [0.1, 0.15) is 5.60 Å². The van der Waals surface area contributed by atoms with Crippen LogP contribution in [0, 0.1) is 0 Å². The summed E-state index contributed by atoms with van der Waals surface area (Å²) in [6.07, 6.45) is -0.539. The molecule has 0 aliphatic heterocycles. The second-order valence-corrected chi connectivity index (χ2v) is 5.48. The number of hydrogen-bond acceptors (Lipinski definition) is 3. The third-order valence-electron chi connectivity index (χ3n) is 2.50. The summed E-state index contributed by atoms with van der Waals surface area (Å²) >= 11 is 0. The summed E-state index contributed by atoms with van der Waals surface area (Å²) in [5.74, 6) is 0. The van der Waals surface area contributed by atoms with E-state index in [-0.39, 0.29) is 6.61 Å². The maximum atomic E-state index is 11.8. The van der Waals surface area contributed by atoms with Crippen LogP contribution in [0.2, 0.25) is 0 Å². The Labute approximate surface area is 108 Å². The van der Waals surface area contributed by atoms with Gasteiger partial charge in [0, 0.05) is 0 Å². The van der Waals surface area contributed by atoms with Crippen LogP contribution >= 0.6 is 0 Å². The van der Waals surface area contributed by atoms with Gasteiger partial charge in [-0.05, 0) is 33.3 Å². The van der Waals surface area contributed by atoms with E-state index >= 15 is 0 Å². The molecule has 0 spiro atoms. The van der Waals surface area contributed by atoms with E-state index in [0.29, 0.717) is 0 Å². The van der Waals surface area contributed by atoms with Crippen LogP contribution in [0.25, 0.3) is 0 Å². The van der Waals surface area contributed by atoms with Crippen molar-refractivity contribution in [2.75, 3.05) is 6.61 Å². The lowest BCUT2D eigenvalue weighted by molar-refractivity contribution is 0.0411. The largest absolute Gasteiger partial charge is 0.444 e. The number of alkyl carbamates (subject to hydrolysis) is 1. The van der Waals surface area contributed by atoms with E-state index in [9.17, 15) is 9.90 Å². The van der Waals surface area contributed by atoms with Gasteiger partial charge >= 0.3 is 6.09 Å². The molecule has 100 valence electrons. The molecule has 0 aromatic heterocycles. The van der Waals surface area contributed by atoms with E-state index in [2.05, 4.69) is 5.32 Å². The molecule has 1 amide bonds. The van der Waals surface area contributed by atoms with Gasteiger partial charge in [-0.3, -0.25) is 0 Å². The number of aliphatic hydroxyl groups is 1. The fourth-order valence-electron chi connectivity index (χ4n) is 1.54. The third kappa shape index (κ3) is 4.04. The van der Waals surface area contributed by atoms with Crippen molar-refractivity contribution in [1.82, 2.24) is 5.32 Å². The van der Waals surface area contributed by atoms with Crippen LogP contribution in [0.1, 0.15) is 33.3 Å². The number of nitrogens with one attached hydrogen (secondary N) is 1. The maximum Gasteiger partial charge on any atom is 0.408 e. The molecule has 1 rings (SSSR count). The highest BCUT2D eigenvalue weighted by Gasteiger charge is 2.29. The number of amides is 1. The van der Waals surface area contributed by atoms with Gasteiger partial charge in [-0.25, -0.2) is 4.79 Å². The van der Waals surface area contributed by atoms with Gasteiger partial charge in [-0.15, -0.1) is 0 Å². The van der Waals surface area contributed by atoms with Crippen LogP contribution in [-0.4, -0.2) is 23.4 Å². The molecule has 0 unspecified atom stereocenters. The van der Waals surface area contributed by atoms with Crippen LogP contribution < -0.4 is 5.32 Å². The summed E-state index contributed by atoms with van der Waals surface area (Å²) in [5.41, 5.74) is -0.570. The van der Waals surface area contributed by atoms with Crippen molar-refractivity contribution in [2.24, 2.45) is 0 Å². The molecule has 0 bridgehead atoms. The topological polar surface area (TPSA) is 58.6 Å². The lowest BCUT2D eigenvalue weighted by Crippen LogP contribution is -2.48. The van der Waals surface area contributed by atoms with Crippen molar-refractivity contribution >= 4 is 6.09 Å². The zero-order chi connectivity index (χ0) is 13.8. The number of aliphatic hydroxyl groups excluding tert-OH is 1. The van der Waals surface area contributed by atoms with Gasteiger partial charge in [0.25, 0.3) is 0 Å². The summed E-state index contributed by atoms with van der Waals surface area (Å²) in [4.78, 5) is 11.8. The Kier molecular flexibility index (Phi) is 4.35. The Morgan fingerprint density at radius 1 is 1.22 bits per heavy atom. The van der Waals surface area contributed by atoms with E-state index in [4.69, 9.17) is 4.74 Å². The molecular formula is C14H21NO3. The van der Waals surface area contributed by atoms with Gasteiger partial charge in [-0.2, -0.15) is 0 Å². The van der Waals surface area contributed by atoms with Crippen molar-refractivity contribution in [2.45, 2.75) is 38.8 Å². The average Bonchev–Trinajstić information content (AvgIpc) is 2.27. The van der Waals surface area contributed by atoms with Gasteiger partial charge in [0.2, 0.25) is 0 Å². The molecule has 1 aromatic carbocycles. The van der Waals surface area contributed by atoms with Gasteiger partial charge in [-0.1, -0.05) is 30.3 Å². The Morgan fingerprint density at radius 3 is 2.22 bits per heavy atom. The van der Waals surface area contributed by atoms with E-state index in [1.807, 2.05) is 30.3 Å². The van der Waals surface area contributed by atoms with Crippen LogP contribution in [0.3, 0.4) is 0 Å². The molecule has 0 aliphatic carbocycles. The van der Waals surface area contributed by atoms with Crippen LogP contribution in [-0.2, 0) is 10.3 Å². The first kappa shape index (κ1) is 14.5. The second kappa shape index (κ2) is 5.40. The van der Waals surface area contributed by atoms with E-state index in [1.165, 1.54) is 0 Å². The standard InChI is InChI=1S/C14H21NO3/c1-13(2,3)18-12(17)15-14(4,10-16)11-8-6-5-7-9-11/h5-9,16H,10H2,1-4H3,(H,15,17)/t14-/m0/s1. The highest BCUT2D eigenvalue weighted by atomic mass is 16.6.